The van der Waals surface area contributed by atoms with Crippen molar-refractivity contribution in [2.75, 3.05) is 18.1 Å². The van der Waals surface area contributed by atoms with Crippen molar-refractivity contribution in [3.8, 4) is 0 Å². The van der Waals surface area contributed by atoms with Gasteiger partial charge in [-0.05, 0) is 37.3 Å². The molecule has 0 aromatic carbocycles. The second-order valence-corrected chi connectivity index (χ2v) is 5.92. The molecule has 0 atom stereocenters. The highest BCUT2D eigenvalue weighted by atomic mass is 16.3. The molecule has 1 aliphatic rings. The van der Waals surface area contributed by atoms with Gasteiger partial charge in [-0.25, -0.2) is 4.98 Å². The van der Waals surface area contributed by atoms with E-state index < -0.39 is 0 Å². The minimum absolute atomic E-state index is 0.250. The molecule has 4 nitrogen and oxygen atoms in total. The lowest BCUT2D eigenvalue weighted by Crippen LogP contribution is -2.41. The van der Waals surface area contributed by atoms with Crippen LogP contribution in [0.2, 0.25) is 0 Å². The summed E-state index contributed by atoms with van der Waals surface area (Å²) in [6, 6.07) is 5.38. The van der Waals surface area contributed by atoms with Crippen molar-refractivity contribution in [3.05, 3.63) is 23.9 Å². The van der Waals surface area contributed by atoms with Crippen LogP contribution >= 0.6 is 0 Å². The average molecular weight is 277 g/mol. The van der Waals surface area contributed by atoms with Gasteiger partial charge in [0.25, 0.3) is 0 Å². The lowest BCUT2D eigenvalue weighted by atomic mass is 9.91. The Labute approximate surface area is 122 Å². The van der Waals surface area contributed by atoms with Crippen molar-refractivity contribution >= 4 is 5.82 Å². The van der Waals surface area contributed by atoms with E-state index in [2.05, 4.69) is 41.2 Å². The monoisotopic (exact) mass is 277 g/mol. The van der Waals surface area contributed by atoms with E-state index in [1.165, 1.54) is 24.8 Å². The van der Waals surface area contributed by atoms with Crippen molar-refractivity contribution in [2.45, 2.75) is 58.2 Å². The van der Waals surface area contributed by atoms with E-state index in [1.54, 1.807) is 0 Å². The van der Waals surface area contributed by atoms with Gasteiger partial charge >= 0.3 is 0 Å². The maximum absolute atomic E-state index is 9.05. The standard InChI is InChI=1S/C16H27N3O/c1-13(2)17-11-14-7-8-16(18-12-14)19(9-4-10-20)15-5-3-6-15/h7-8,12-13,15,17,20H,3-6,9-11H2,1-2H3. The minimum Gasteiger partial charge on any atom is -0.396 e. The topological polar surface area (TPSA) is 48.4 Å². The number of aliphatic hydroxyl groups is 1. The summed E-state index contributed by atoms with van der Waals surface area (Å²) in [4.78, 5) is 6.98. The van der Waals surface area contributed by atoms with E-state index in [4.69, 9.17) is 5.11 Å². The van der Waals surface area contributed by atoms with Crippen LogP contribution in [0.4, 0.5) is 5.82 Å². The van der Waals surface area contributed by atoms with E-state index in [0.29, 0.717) is 12.1 Å². The first-order chi connectivity index (χ1) is 9.70. The predicted molar refractivity (Wildman–Crippen MR) is 82.9 cm³/mol. The number of aromatic nitrogens is 1. The number of pyridine rings is 1. The summed E-state index contributed by atoms with van der Waals surface area (Å²) in [5, 5.41) is 12.4. The van der Waals surface area contributed by atoms with Gasteiger partial charge in [-0.2, -0.15) is 0 Å². The van der Waals surface area contributed by atoms with Crippen LogP contribution in [0.15, 0.2) is 18.3 Å². The number of anilines is 1. The van der Waals surface area contributed by atoms with E-state index in [9.17, 15) is 0 Å². The fourth-order valence-electron chi connectivity index (χ4n) is 2.44. The fourth-order valence-corrected chi connectivity index (χ4v) is 2.44. The Hall–Kier alpha value is -1.13. The van der Waals surface area contributed by atoms with Gasteiger partial charge in [-0.1, -0.05) is 19.9 Å². The van der Waals surface area contributed by atoms with Crippen molar-refractivity contribution in [1.29, 1.82) is 0 Å². The number of nitrogens with zero attached hydrogens (tertiary/aromatic N) is 2. The van der Waals surface area contributed by atoms with E-state index in [0.717, 1.165) is 25.3 Å². The summed E-state index contributed by atoms with van der Waals surface area (Å²) in [5.74, 6) is 1.05. The van der Waals surface area contributed by atoms with Crippen LogP contribution in [0.1, 0.15) is 45.1 Å². The maximum atomic E-state index is 9.05. The van der Waals surface area contributed by atoms with Crippen LogP contribution in [0, 0.1) is 0 Å². The molecule has 20 heavy (non-hydrogen) atoms. The number of hydrogen-bond donors (Lipinski definition) is 2. The predicted octanol–water partition coefficient (Wildman–Crippen LogP) is 2.32. The number of nitrogens with one attached hydrogen (secondary N) is 1. The van der Waals surface area contributed by atoms with E-state index >= 15 is 0 Å². The van der Waals surface area contributed by atoms with Gasteiger partial charge in [0.15, 0.2) is 0 Å². The molecule has 2 N–H and O–H groups in total. The number of hydrogen-bond acceptors (Lipinski definition) is 4. The van der Waals surface area contributed by atoms with Crippen molar-refractivity contribution in [2.24, 2.45) is 0 Å². The third kappa shape index (κ3) is 4.18. The van der Waals surface area contributed by atoms with Crippen LogP contribution < -0.4 is 10.2 Å². The summed E-state index contributed by atoms with van der Waals surface area (Å²) in [5.41, 5.74) is 1.22. The van der Waals surface area contributed by atoms with Crippen LogP contribution in [-0.2, 0) is 6.54 Å². The zero-order chi connectivity index (χ0) is 14.4. The summed E-state index contributed by atoms with van der Waals surface area (Å²) >= 11 is 0. The number of aliphatic hydroxyl groups excluding tert-OH is 1. The van der Waals surface area contributed by atoms with Crippen LogP contribution in [0.25, 0.3) is 0 Å². The zero-order valence-electron chi connectivity index (χ0n) is 12.7. The molecule has 1 heterocycles. The first kappa shape index (κ1) is 15.3. The lowest BCUT2D eigenvalue weighted by Gasteiger charge is -2.38. The van der Waals surface area contributed by atoms with Gasteiger partial charge < -0.3 is 15.3 Å². The van der Waals surface area contributed by atoms with Gasteiger partial charge in [0, 0.05) is 38.0 Å². The Bertz CT molecular complexity index is 387. The second-order valence-electron chi connectivity index (χ2n) is 5.92. The summed E-state index contributed by atoms with van der Waals surface area (Å²) in [6.07, 6.45) is 6.61. The molecule has 0 saturated heterocycles. The van der Waals surface area contributed by atoms with Crippen molar-refractivity contribution in [3.63, 3.8) is 0 Å². The first-order valence-corrected chi connectivity index (χ1v) is 7.76. The molecule has 0 amide bonds. The molecular weight excluding hydrogens is 250 g/mol. The normalized spacial score (nSPS) is 15.4. The summed E-state index contributed by atoms with van der Waals surface area (Å²) in [6.45, 7) is 6.31. The van der Waals surface area contributed by atoms with Crippen LogP contribution in [0.3, 0.4) is 0 Å². The second kappa shape index (κ2) is 7.60. The Morgan fingerprint density at radius 2 is 2.20 bits per heavy atom. The molecule has 1 aliphatic carbocycles. The Kier molecular flexibility index (Phi) is 5.80. The van der Waals surface area contributed by atoms with Crippen LogP contribution in [0.5, 0.6) is 0 Å². The molecule has 112 valence electrons. The molecule has 1 aromatic rings. The van der Waals surface area contributed by atoms with Crippen LogP contribution in [-0.4, -0.2) is 35.3 Å². The SMILES string of the molecule is CC(C)NCc1ccc(N(CCCO)C2CCC2)nc1. The molecule has 1 saturated carbocycles. The van der Waals surface area contributed by atoms with Crippen molar-refractivity contribution < 1.29 is 5.11 Å². The molecule has 0 radical (unpaired) electrons. The summed E-state index contributed by atoms with van der Waals surface area (Å²) in [7, 11) is 0. The van der Waals surface area contributed by atoms with Crippen molar-refractivity contribution in [1.82, 2.24) is 10.3 Å². The zero-order valence-corrected chi connectivity index (χ0v) is 12.7. The number of rotatable bonds is 8. The fraction of sp³-hybridized carbons (Fsp3) is 0.688. The molecule has 1 aromatic heterocycles. The quantitative estimate of drug-likeness (QED) is 0.765. The van der Waals surface area contributed by atoms with Gasteiger partial charge in [-0.15, -0.1) is 0 Å². The van der Waals surface area contributed by atoms with Gasteiger partial charge in [0.05, 0.1) is 0 Å². The van der Waals surface area contributed by atoms with Gasteiger partial charge in [-0.3, -0.25) is 0 Å². The molecular formula is C16H27N3O. The highest BCUT2D eigenvalue weighted by molar-refractivity contribution is 5.41. The molecule has 0 aliphatic heterocycles. The Balaban J connectivity index is 1.97. The maximum Gasteiger partial charge on any atom is 0.128 e. The Morgan fingerprint density at radius 3 is 2.70 bits per heavy atom. The highest BCUT2D eigenvalue weighted by Crippen LogP contribution is 2.28. The Morgan fingerprint density at radius 1 is 1.40 bits per heavy atom. The third-order valence-electron chi connectivity index (χ3n) is 3.89. The molecule has 0 unspecified atom stereocenters. The minimum atomic E-state index is 0.250. The first-order valence-electron chi connectivity index (χ1n) is 7.76. The lowest BCUT2D eigenvalue weighted by molar-refractivity contribution is 0.282. The smallest absolute Gasteiger partial charge is 0.128 e. The molecule has 0 bridgehead atoms. The van der Waals surface area contributed by atoms with E-state index in [-0.39, 0.29) is 6.61 Å². The largest absolute Gasteiger partial charge is 0.396 e. The molecule has 4 heteroatoms. The molecule has 2 rings (SSSR count). The third-order valence-corrected chi connectivity index (χ3v) is 3.89. The van der Waals surface area contributed by atoms with E-state index in [1.807, 2.05) is 6.20 Å². The molecule has 1 fully saturated rings. The van der Waals surface area contributed by atoms with Gasteiger partial charge in [0.1, 0.15) is 5.82 Å². The summed E-state index contributed by atoms with van der Waals surface area (Å²) < 4.78 is 0. The average Bonchev–Trinajstić information content (AvgIpc) is 2.39. The van der Waals surface area contributed by atoms with Gasteiger partial charge in [0.2, 0.25) is 0 Å². The highest BCUT2D eigenvalue weighted by Gasteiger charge is 2.25. The molecule has 0 spiro atoms.